The number of hydrogen-bond acceptors (Lipinski definition) is 2. The molecule has 0 aromatic heterocycles. The Morgan fingerprint density at radius 1 is 1.19 bits per heavy atom. The van der Waals surface area contributed by atoms with E-state index in [-0.39, 0.29) is 0 Å². The van der Waals surface area contributed by atoms with Crippen LogP contribution >= 0.6 is 0 Å². The molecule has 0 radical (unpaired) electrons. The summed E-state index contributed by atoms with van der Waals surface area (Å²) in [5.41, 5.74) is -0.126. The first-order valence-corrected chi connectivity index (χ1v) is 6.67. The molecular formula is C14H21O2-. The predicted molar refractivity (Wildman–Crippen MR) is 59.4 cm³/mol. The first-order chi connectivity index (χ1) is 7.46. The molecule has 4 saturated carbocycles. The molecule has 4 aliphatic carbocycles. The molecule has 4 fully saturated rings. The van der Waals surface area contributed by atoms with Crippen LogP contribution in [0.15, 0.2) is 0 Å². The minimum absolute atomic E-state index is 0.324. The van der Waals surface area contributed by atoms with Crippen LogP contribution in [0, 0.1) is 28.6 Å². The van der Waals surface area contributed by atoms with Crippen LogP contribution in [0.4, 0.5) is 0 Å². The number of carboxylic acid groups (broad SMARTS) is 1. The number of rotatable bonds is 2. The maximum absolute atomic E-state index is 11.5. The van der Waals surface area contributed by atoms with Gasteiger partial charge in [0.05, 0.1) is 0 Å². The normalized spacial score (nSPS) is 49.9. The summed E-state index contributed by atoms with van der Waals surface area (Å²) in [6.07, 6.45) is 6.53. The average molecular weight is 221 g/mol. The third-order valence-electron chi connectivity index (χ3n) is 5.76. The van der Waals surface area contributed by atoms with Gasteiger partial charge < -0.3 is 9.90 Å². The molecule has 4 aliphatic rings. The van der Waals surface area contributed by atoms with Gasteiger partial charge in [-0.2, -0.15) is 0 Å². The van der Waals surface area contributed by atoms with Gasteiger partial charge in [-0.1, -0.05) is 13.8 Å². The Hall–Kier alpha value is -0.530. The van der Waals surface area contributed by atoms with Crippen molar-refractivity contribution in [3.05, 3.63) is 0 Å². The molecule has 4 rings (SSSR count). The molecule has 4 bridgehead atoms. The fraction of sp³-hybridized carbons (Fsp3) is 0.929. The SMILES string of the molecule is CC(C)C12C[C@@H]3C[C@@H](CC(C(=O)[O-])(C3)C1)C2. The molecule has 0 aromatic rings. The summed E-state index contributed by atoms with van der Waals surface area (Å²) in [5, 5.41) is 11.5. The second-order valence-corrected chi connectivity index (χ2v) is 7.05. The van der Waals surface area contributed by atoms with Crippen LogP contribution in [0.25, 0.3) is 0 Å². The molecule has 0 aromatic carbocycles. The van der Waals surface area contributed by atoms with Crippen molar-refractivity contribution in [1.29, 1.82) is 0 Å². The largest absolute Gasteiger partial charge is 0.550 e. The third-order valence-corrected chi connectivity index (χ3v) is 5.76. The first kappa shape index (κ1) is 10.6. The van der Waals surface area contributed by atoms with Crippen molar-refractivity contribution in [2.45, 2.75) is 52.4 Å². The number of carboxylic acids is 1. The van der Waals surface area contributed by atoms with Gasteiger partial charge in [-0.15, -0.1) is 0 Å². The summed E-state index contributed by atoms with van der Waals surface area (Å²) in [6.45, 7) is 4.55. The molecule has 2 heteroatoms. The molecule has 2 unspecified atom stereocenters. The molecule has 0 spiro atoms. The monoisotopic (exact) mass is 221 g/mol. The Kier molecular flexibility index (Phi) is 2.01. The Bertz CT molecular complexity index is 318. The van der Waals surface area contributed by atoms with E-state index >= 15 is 0 Å². The fourth-order valence-electron chi connectivity index (χ4n) is 5.25. The van der Waals surface area contributed by atoms with E-state index in [1.54, 1.807) is 0 Å². The highest BCUT2D eigenvalue weighted by molar-refractivity contribution is 5.73. The van der Waals surface area contributed by atoms with Crippen LogP contribution in [0.1, 0.15) is 52.4 Å². The lowest BCUT2D eigenvalue weighted by Crippen LogP contribution is -2.59. The summed E-state index contributed by atoms with van der Waals surface area (Å²) in [6, 6.07) is 0. The van der Waals surface area contributed by atoms with Gasteiger partial charge in [0.15, 0.2) is 0 Å². The van der Waals surface area contributed by atoms with E-state index in [0.717, 1.165) is 19.3 Å². The zero-order chi connectivity index (χ0) is 11.6. The molecule has 2 nitrogen and oxygen atoms in total. The second kappa shape index (κ2) is 3.02. The summed E-state index contributed by atoms with van der Waals surface area (Å²) in [7, 11) is 0. The van der Waals surface area contributed by atoms with Gasteiger partial charge >= 0.3 is 0 Å². The molecule has 0 aliphatic heterocycles. The summed E-state index contributed by atoms with van der Waals surface area (Å²) in [5.74, 6) is 1.20. The lowest BCUT2D eigenvalue weighted by atomic mass is 9.42. The van der Waals surface area contributed by atoms with E-state index in [9.17, 15) is 9.90 Å². The van der Waals surface area contributed by atoms with Crippen LogP contribution in [-0.4, -0.2) is 5.97 Å². The van der Waals surface area contributed by atoms with Gasteiger partial charge in [-0.25, -0.2) is 0 Å². The van der Waals surface area contributed by atoms with Gasteiger partial charge in [0.2, 0.25) is 0 Å². The van der Waals surface area contributed by atoms with Crippen molar-refractivity contribution < 1.29 is 9.90 Å². The zero-order valence-corrected chi connectivity index (χ0v) is 10.3. The Morgan fingerprint density at radius 2 is 1.75 bits per heavy atom. The number of carbonyl (C=O) groups is 1. The highest BCUT2D eigenvalue weighted by Gasteiger charge is 2.58. The number of hydrogen-bond donors (Lipinski definition) is 0. The lowest BCUT2D eigenvalue weighted by molar-refractivity contribution is -0.330. The standard InChI is InChI=1S/C14H22O2/c1-9(2)13-4-10-3-11(5-13)7-14(6-10,8-13)12(15)16/h9-11H,3-8H2,1-2H3,(H,15,16)/p-1/t10-,11+,13?,14?. The highest BCUT2D eigenvalue weighted by atomic mass is 16.4. The van der Waals surface area contributed by atoms with E-state index in [2.05, 4.69) is 13.8 Å². The molecule has 4 atom stereocenters. The van der Waals surface area contributed by atoms with Gasteiger partial charge in [0.25, 0.3) is 0 Å². The van der Waals surface area contributed by atoms with E-state index < -0.39 is 11.4 Å². The van der Waals surface area contributed by atoms with Crippen molar-refractivity contribution in [1.82, 2.24) is 0 Å². The van der Waals surface area contributed by atoms with E-state index in [0.29, 0.717) is 23.2 Å². The molecule has 0 amide bonds. The van der Waals surface area contributed by atoms with Crippen molar-refractivity contribution >= 4 is 5.97 Å². The number of carbonyl (C=O) groups excluding carboxylic acids is 1. The second-order valence-electron chi connectivity index (χ2n) is 7.05. The highest BCUT2D eigenvalue weighted by Crippen LogP contribution is 2.67. The molecule has 0 saturated heterocycles. The molecular weight excluding hydrogens is 200 g/mol. The summed E-state index contributed by atoms with van der Waals surface area (Å²) < 4.78 is 0. The quantitative estimate of drug-likeness (QED) is 0.715. The molecule has 0 heterocycles. The van der Waals surface area contributed by atoms with Gasteiger partial charge in [0.1, 0.15) is 0 Å². The van der Waals surface area contributed by atoms with Crippen LogP contribution in [0.5, 0.6) is 0 Å². The van der Waals surface area contributed by atoms with Gasteiger partial charge in [-0.05, 0) is 61.7 Å². The Labute approximate surface area is 97.4 Å². The summed E-state index contributed by atoms with van der Waals surface area (Å²) >= 11 is 0. The van der Waals surface area contributed by atoms with Crippen LogP contribution in [0.3, 0.4) is 0 Å². The smallest absolute Gasteiger partial charge is 0.0476 e. The van der Waals surface area contributed by atoms with Gasteiger partial charge in [0, 0.05) is 11.4 Å². The summed E-state index contributed by atoms with van der Waals surface area (Å²) in [4.78, 5) is 11.5. The van der Waals surface area contributed by atoms with Crippen LogP contribution in [-0.2, 0) is 4.79 Å². The van der Waals surface area contributed by atoms with Crippen LogP contribution < -0.4 is 5.11 Å². The van der Waals surface area contributed by atoms with E-state index in [1.807, 2.05) is 0 Å². The fourth-order valence-corrected chi connectivity index (χ4v) is 5.25. The predicted octanol–water partition coefficient (Wildman–Crippen LogP) is 1.98. The Balaban J connectivity index is 2.00. The average Bonchev–Trinajstić information content (AvgIpc) is 2.14. The maximum atomic E-state index is 11.5. The van der Waals surface area contributed by atoms with Gasteiger partial charge in [-0.3, -0.25) is 0 Å². The van der Waals surface area contributed by atoms with Crippen molar-refractivity contribution in [2.75, 3.05) is 0 Å². The minimum atomic E-state index is -0.758. The van der Waals surface area contributed by atoms with Crippen molar-refractivity contribution in [3.63, 3.8) is 0 Å². The van der Waals surface area contributed by atoms with E-state index in [1.165, 1.54) is 19.3 Å². The lowest BCUT2D eigenvalue weighted by Gasteiger charge is -2.64. The Morgan fingerprint density at radius 3 is 2.19 bits per heavy atom. The topological polar surface area (TPSA) is 40.1 Å². The van der Waals surface area contributed by atoms with Crippen molar-refractivity contribution in [2.24, 2.45) is 28.6 Å². The minimum Gasteiger partial charge on any atom is -0.550 e. The third kappa shape index (κ3) is 1.22. The van der Waals surface area contributed by atoms with Crippen molar-refractivity contribution in [3.8, 4) is 0 Å². The molecule has 0 N–H and O–H groups in total. The zero-order valence-electron chi connectivity index (χ0n) is 10.3. The molecule has 16 heavy (non-hydrogen) atoms. The van der Waals surface area contributed by atoms with Crippen LogP contribution in [0.2, 0.25) is 0 Å². The molecule has 90 valence electrons. The first-order valence-electron chi connectivity index (χ1n) is 6.67. The maximum Gasteiger partial charge on any atom is 0.0476 e. The van der Waals surface area contributed by atoms with E-state index in [4.69, 9.17) is 0 Å². The number of aliphatic carboxylic acids is 1.